The average Bonchev–Trinajstić information content (AvgIpc) is 2.65. The molecule has 2 aromatic heterocycles. The van der Waals surface area contributed by atoms with Crippen LogP contribution in [0, 0.1) is 6.92 Å². The van der Waals surface area contributed by atoms with Gasteiger partial charge in [-0.3, -0.25) is 0 Å². The van der Waals surface area contributed by atoms with E-state index >= 15 is 0 Å². The summed E-state index contributed by atoms with van der Waals surface area (Å²) in [6.45, 7) is 4.08. The minimum Gasteiger partial charge on any atom is -0.368 e. The molecule has 2 aromatic rings. The van der Waals surface area contributed by atoms with Gasteiger partial charge < -0.3 is 10.7 Å². The van der Waals surface area contributed by atoms with Gasteiger partial charge in [-0.25, -0.2) is 14.6 Å². The van der Waals surface area contributed by atoms with Crippen molar-refractivity contribution < 1.29 is 0 Å². The Hall–Kier alpha value is -1.78. The van der Waals surface area contributed by atoms with E-state index in [4.69, 9.17) is 5.73 Å². The molecule has 1 saturated heterocycles. The lowest BCUT2D eigenvalue weighted by Gasteiger charge is -2.30. The summed E-state index contributed by atoms with van der Waals surface area (Å²) in [7, 11) is 0. The zero-order valence-electron chi connectivity index (χ0n) is 10.1. The van der Waals surface area contributed by atoms with Gasteiger partial charge in [-0.2, -0.15) is 0 Å². The zero-order valence-corrected chi connectivity index (χ0v) is 10.1. The molecule has 0 saturated carbocycles. The van der Waals surface area contributed by atoms with Crippen LogP contribution < -0.4 is 10.7 Å². The Morgan fingerprint density at radius 3 is 2.76 bits per heavy atom. The van der Waals surface area contributed by atoms with E-state index in [0.717, 1.165) is 29.8 Å². The first-order valence-electron chi connectivity index (χ1n) is 6.11. The highest BCUT2D eigenvalue weighted by Crippen LogP contribution is 2.19. The van der Waals surface area contributed by atoms with Crippen molar-refractivity contribution >= 4 is 17.1 Å². The van der Waals surface area contributed by atoms with E-state index in [9.17, 15) is 0 Å². The van der Waals surface area contributed by atoms with Crippen molar-refractivity contribution in [3.05, 3.63) is 17.8 Å². The fourth-order valence-corrected chi connectivity index (χ4v) is 2.43. The largest absolute Gasteiger partial charge is 0.368 e. The lowest BCUT2D eigenvalue weighted by atomic mass is 10.2. The van der Waals surface area contributed by atoms with Crippen LogP contribution in [0.2, 0.25) is 0 Å². The van der Waals surface area contributed by atoms with Gasteiger partial charge in [0, 0.05) is 19.3 Å². The van der Waals surface area contributed by atoms with E-state index in [2.05, 4.69) is 15.0 Å². The van der Waals surface area contributed by atoms with E-state index in [-0.39, 0.29) is 0 Å². The Morgan fingerprint density at radius 2 is 2.00 bits per heavy atom. The molecule has 2 N–H and O–H groups in total. The fraction of sp³-hybridized carbons (Fsp3) is 0.500. The van der Waals surface area contributed by atoms with E-state index < -0.39 is 0 Å². The molecule has 0 spiro atoms. The number of piperidine rings is 1. The van der Waals surface area contributed by atoms with Crippen molar-refractivity contribution in [2.24, 2.45) is 0 Å². The van der Waals surface area contributed by atoms with Gasteiger partial charge in [0.05, 0.1) is 0 Å². The molecule has 0 bridgehead atoms. The quantitative estimate of drug-likeness (QED) is 0.807. The summed E-state index contributed by atoms with van der Waals surface area (Å²) in [5.74, 6) is 0.542. The van der Waals surface area contributed by atoms with E-state index in [1.54, 1.807) is 0 Å². The number of hydrogen-bond acceptors (Lipinski definition) is 4. The summed E-state index contributed by atoms with van der Waals surface area (Å²) in [6.07, 6.45) is 5.59. The van der Waals surface area contributed by atoms with Gasteiger partial charge in [-0.1, -0.05) is 0 Å². The number of imidazole rings is 1. The molecule has 1 fully saturated rings. The lowest BCUT2D eigenvalue weighted by Crippen LogP contribution is -2.39. The Bertz CT molecular complexity index is 539. The third kappa shape index (κ3) is 1.71. The lowest BCUT2D eigenvalue weighted by molar-refractivity contribution is 0.488. The van der Waals surface area contributed by atoms with Gasteiger partial charge in [-0.15, -0.1) is 0 Å². The Balaban J connectivity index is 2.11. The van der Waals surface area contributed by atoms with Crippen LogP contribution >= 0.6 is 0 Å². The maximum absolute atomic E-state index is 6.00. The standard InChI is InChI=1S/C12H17N5/c1-9-7-10-11(14-8-9)17(12(13)15-10)16-5-3-2-4-6-16/h7-8H,2-6H2,1H3,(H2,13,15). The van der Waals surface area contributed by atoms with Gasteiger partial charge in [0.25, 0.3) is 0 Å². The predicted octanol–water partition coefficient (Wildman–Crippen LogP) is 1.44. The van der Waals surface area contributed by atoms with Gasteiger partial charge in [0.2, 0.25) is 5.95 Å². The highest BCUT2D eigenvalue weighted by molar-refractivity contribution is 5.75. The minimum atomic E-state index is 0.542. The zero-order chi connectivity index (χ0) is 11.8. The number of nitrogen functional groups attached to an aromatic ring is 1. The number of nitrogens with two attached hydrogens (primary N) is 1. The maximum Gasteiger partial charge on any atom is 0.222 e. The molecule has 0 amide bonds. The van der Waals surface area contributed by atoms with Gasteiger partial charge in [-0.05, 0) is 37.8 Å². The summed E-state index contributed by atoms with van der Waals surface area (Å²) >= 11 is 0. The SMILES string of the molecule is Cc1cnc2c(c1)nc(N)n2N1CCCCC1. The summed E-state index contributed by atoms with van der Waals surface area (Å²) in [5, 5.41) is 2.25. The monoisotopic (exact) mass is 231 g/mol. The molecule has 3 heterocycles. The molecular weight excluding hydrogens is 214 g/mol. The average molecular weight is 231 g/mol. The first-order valence-corrected chi connectivity index (χ1v) is 6.11. The first-order chi connectivity index (χ1) is 8.25. The molecule has 90 valence electrons. The number of hydrogen-bond donors (Lipinski definition) is 1. The fourth-order valence-electron chi connectivity index (χ4n) is 2.43. The number of pyridine rings is 1. The second-order valence-electron chi connectivity index (χ2n) is 4.65. The molecule has 0 atom stereocenters. The van der Waals surface area contributed by atoms with Crippen molar-refractivity contribution in [1.29, 1.82) is 0 Å². The van der Waals surface area contributed by atoms with Crippen LogP contribution in [-0.4, -0.2) is 27.7 Å². The van der Waals surface area contributed by atoms with Crippen LogP contribution in [0.1, 0.15) is 24.8 Å². The molecule has 0 radical (unpaired) electrons. The van der Waals surface area contributed by atoms with Gasteiger partial charge >= 0.3 is 0 Å². The van der Waals surface area contributed by atoms with Crippen LogP contribution in [0.15, 0.2) is 12.3 Å². The summed E-state index contributed by atoms with van der Waals surface area (Å²) in [4.78, 5) is 8.84. The molecule has 0 unspecified atom stereocenters. The normalized spacial score (nSPS) is 16.6. The van der Waals surface area contributed by atoms with Crippen molar-refractivity contribution in [3.63, 3.8) is 0 Å². The number of aromatic nitrogens is 3. The summed E-state index contributed by atoms with van der Waals surface area (Å²) in [6, 6.07) is 2.03. The van der Waals surface area contributed by atoms with Gasteiger partial charge in [0.15, 0.2) is 5.65 Å². The Labute approximate surface area is 100 Å². The molecule has 0 aliphatic carbocycles. The third-order valence-electron chi connectivity index (χ3n) is 3.25. The summed E-state index contributed by atoms with van der Waals surface area (Å²) in [5.41, 5.74) is 8.87. The van der Waals surface area contributed by atoms with Crippen LogP contribution in [0.25, 0.3) is 11.2 Å². The molecule has 1 aliphatic heterocycles. The minimum absolute atomic E-state index is 0.542. The molecule has 5 nitrogen and oxygen atoms in total. The third-order valence-corrected chi connectivity index (χ3v) is 3.25. The number of nitrogens with zero attached hydrogens (tertiary/aromatic N) is 4. The van der Waals surface area contributed by atoms with Crippen molar-refractivity contribution in [1.82, 2.24) is 14.6 Å². The highest BCUT2D eigenvalue weighted by Gasteiger charge is 2.17. The van der Waals surface area contributed by atoms with Crippen LogP contribution in [0.5, 0.6) is 0 Å². The van der Waals surface area contributed by atoms with E-state index in [0.29, 0.717) is 5.95 Å². The number of aryl methyl sites for hydroxylation is 1. The maximum atomic E-state index is 6.00. The van der Waals surface area contributed by atoms with Crippen molar-refractivity contribution in [3.8, 4) is 0 Å². The number of fused-ring (bicyclic) bond motifs is 1. The second-order valence-corrected chi connectivity index (χ2v) is 4.65. The van der Waals surface area contributed by atoms with Gasteiger partial charge in [0.1, 0.15) is 5.52 Å². The molecule has 5 heteroatoms. The Kier molecular flexibility index (Phi) is 2.39. The van der Waals surface area contributed by atoms with Crippen LogP contribution in [0.4, 0.5) is 5.95 Å². The highest BCUT2D eigenvalue weighted by atomic mass is 15.6. The second kappa shape index (κ2) is 3.91. The summed E-state index contributed by atoms with van der Waals surface area (Å²) < 4.78 is 1.97. The smallest absolute Gasteiger partial charge is 0.222 e. The molecule has 3 rings (SSSR count). The molecule has 1 aliphatic rings. The molecular formula is C12H17N5. The van der Waals surface area contributed by atoms with Crippen LogP contribution in [-0.2, 0) is 0 Å². The molecule has 0 aromatic carbocycles. The van der Waals surface area contributed by atoms with E-state index in [1.807, 2.05) is 23.9 Å². The van der Waals surface area contributed by atoms with Crippen molar-refractivity contribution in [2.45, 2.75) is 26.2 Å². The first kappa shape index (κ1) is 10.4. The molecule has 17 heavy (non-hydrogen) atoms. The van der Waals surface area contributed by atoms with E-state index in [1.165, 1.54) is 19.3 Å². The van der Waals surface area contributed by atoms with Crippen LogP contribution in [0.3, 0.4) is 0 Å². The number of anilines is 1. The topological polar surface area (TPSA) is 60.0 Å². The predicted molar refractivity (Wildman–Crippen MR) is 68.5 cm³/mol. The Morgan fingerprint density at radius 1 is 1.24 bits per heavy atom. The van der Waals surface area contributed by atoms with Crippen molar-refractivity contribution in [2.75, 3.05) is 23.8 Å². The number of rotatable bonds is 1.